The van der Waals surface area contributed by atoms with Gasteiger partial charge in [0.25, 0.3) is 0 Å². The number of amides is 2. The molecule has 0 aromatic carbocycles. The van der Waals surface area contributed by atoms with Crippen molar-refractivity contribution < 1.29 is 19.5 Å². The molecule has 0 bridgehead atoms. The van der Waals surface area contributed by atoms with Crippen molar-refractivity contribution in [3.05, 3.63) is 0 Å². The number of carboxylic acids is 1. The molecule has 284 valence electrons. The van der Waals surface area contributed by atoms with Crippen LogP contribution in [0.25, 0.3) is 0 Å². The molecule has 0 aliphatic carbocycles. The molecule has 0 aromatic rings. The number of carbonyl (C=O) groups is 3. The molecule has 6 heteroatoms. The second-order valence-electron chi connectivity index (χ2n) is 15.6. The number of nitrogens with two attached hydrogens (primary N) is 1. The van der Waals surface area contributed by atoms with Gasteiger partial charge in [0.1, 0.15) is 6.04 Å². The quantitative estimate of drug-likeness (QED) is 0.0642. The molecule has 2 amide bonds. The lowest BCUT2D eigenvalue weighted by Crippen LogP contribution is -2.48. The van der Waals surface area contributed by atoms with Gasteiger partial charge in [-0.2, -0.15) is 0 Å². The third-order valence-electron chi connectivity index (χ3n) is 9.91. The Morgan fingerprint density at radius 1 is 0.438 bits per heavy atom. The van der Waals surface area contributed by atoms with E-state index in [4.69, 9.17) is 5.73 Å². The molecule has 0 heterocycles. The zero-order valence-corrected chi connectivity index (χ0v) is 32.6. The molecule has 0 unspecified atom stereocenters. The third-order valence-corrected chi connectivity index (χ3v) is 9.91. The van der Waals surface area contributed by atoms with E-state index in [1.807, 2.05) is 0 Å². The lowest BCUT2D eigenvalue weighted by Gasteiger charge is -2.27. The summed E-state index contributed by atoms with van der Waals surface area (Å²) in [6, 6.07) is -1.08. The first-order valence-corrected chi connectivity index (χ1v) is 21.0. The molecule has 0 aliphatic heterocycles. The Labute approximate surface area is 298 Å². The minimum atomic E-state index is -1.08. The zero-order chi connectivity index (χ0) is 35.7. The van der Waals surface area contributed by atoms with Crippen molar-refractivity contribution in [2.24, 2.45) is 17.6 Å². The highest BCUT2D eigenvalue weighted by Crippen LogP contribution is 2.19. The summed E-state index contributed by atoms with van der Waals surface area (Å²) in [6.07, 6.45) is 34.0. The molecule has 0 radical (unpaired) electrons. The van der Waals surface area contributed by atoms with Crippen LogP contribution in [0.1, 0.15) is 227 Å². The first kappa shape index (κ1) is 46.6. The normalized spacial score (nSPS) is 12.2. The van der Waals surface area contributed by atoms with Crippen LogP contribution in [-0.4, -0.2) is 40.4 Å². The third kappa shape index (κ3) is 29.5. The maximum Gasteiger partial charge on any atom is 0.326 e. The fraction of sp³-hybridized carbons (Fsp3) is 0.929. The van der Waals surface area contributed by atoms with Crippen molar-refractivity contribution in [2.45, 2.75) is 233 Å². The summed E-state index contributed by atoms with van der Waals surface area (Å²) in [4.78, 5) is 39.9. The number of aliphatic carboxylic acids is 1. The van der Waals surface area contributed by atoms with Crippen LogP contribution >= 0.6 is 0 Å². The van der Waals surface area contributed by atoms with Gasteiger partial charge in [0.2, 0.25) is 11.8 Å². The molecule has 0 saturated carbocycles. The second-order valence-corrected chi connectivity index (χ2v) is 15.6. The molecule has 0 rings (SSSR count). The highest BCUT2D eigenvalue weighted by molar-refractivity contribution is 5.99. The van der Waals surface area contributed by atoms with Gasteiger partial charge in [-0.15, -0.1) is 0 Å². The maximum absolute atomic E-state index is 13.3. The van der Waals surface area contributed by atoms with E-state index in [2.05, 4.69) is 27.7 Å². The summed E-state index contributed by atoms with van der Waals surface area (Å²) in [7, 11) is 0. The molecule has 0 spiro atoms. The summed E-state index contributed by atoms with van der Waals surface area (Å²) in [6.45, 7) is 9.69. The predicted molar refractivity (Wildman–Crippen MR) is 205 cm³/mol. The molecule has 6 nitrogen and oxygen atoms in total. The molecular weight excluding hydrogens is 596 g/mol. The average molecular weight is 679 g/mol. The summed E-state index contributed by atoms with van der Waals surface area (Å²) in [5, 5.41) is 9.97. The van der Waals surface area contributed by atoms with Crippen molar-refractivity contribution in [1.29, 1.82) is 0 Å². The van der Waals surface area contributed by atoms with Crippen LogP contribution in [0, 0.1) is 11.8 Å². The Kier molecular flexibility index (Phi) is 33.0. The number of nitrogens with zero attached hydrogens (tertiary/aromatic N) is 1. The van der Waals surface area contributed by atoms with E-state index in [-0.39, 0.29) is 31.1 Å². The van der Waals surface area contributed by atoms with Crippen LogP contribution in [0.15, 0.2) is 0 Å². The number of carboxylic acid groups (broad SMARTS) is 1. The molecule has 1 atom stereocenters. The largest absolute Gasteiger partial charge is 0.480 e. The first-order valence-electron chi connectivity index (χ1n) is 21.0. The molecule has 48 heavy (non-hydrogen) atoms. The van der Waals surface area contributed by atoms with Crippen LogP contribution in [0.3, 0.4) is 0 Å². The highest BCUT2D eigenvalue weighted by Gasteiger charge is 2.33. The lowest BCUT2D eigenvalue weighted by molar-refractivity contribution is -0.158. The van der Waals surface area contributed by atoms with Gasteiger partial charge >= 0.3 is 5.97 Å². The Bertz CT molecular complexity index is 706. The van der Waals surface area contributed by atoms with E-state index in [1.165, 1.54) is 128 Å². The van der Waals surface area contributed by atoms with Gasteiger partial charge in [0, 0.05) is 12.8 Å². The summed E-state index contributed by atoms with van der Waals surface area (Å²) in [5.41, 5.74) is 5.63. The maximum atomic E-state index is 13.3. The van der Waals surface area contributed by atoms with E-state index in [9.17, 15) is 19.5 Å². The van der Waals surface area contributed by atoms with E-state index in [0.717, 1.165) is 42.4 Å². The molecule has 3 N–H and O–H groups in total. The van der Waals surface area contributed by atoms with Crippen LogP contribution in [0.4, 0.5) is 0 Å². The standard InChI is InChI=1S/C42H82N2O4/c1-37(2)31-25-21-17-13-9-5-7-11-15-19-23-27-34-40(45)44(39(42(47)48)33-29-30-36-43)41(46)35-28-24-20-16-12-8-6-10-14-18-22-26-32-38(3)4/h37-39H,5-36,43H2,1-4H3,(H,47,48)/t39-/m0/s1. The fourth-order valence-electron chi connectivity index (χ4n) is 6.77. The van der Waals surface area contributed by atoms with Crippen molar-refractivity contribution >= 4 is 17.8 Å². The smallest absolute Gasteiger partial charge is 0.326 e. The van der Waals surface area contributed by atoms with Gasteiger partial charge in [-0.1, -0.05) is 182 Å². The summed E-state index contributed by atoms with van der Waals surface area (Å²) >= 11 is 0. The van der Waals surface area contributed by atoms with Gasteiger partial charge in [0.05, 0.1) is 0 Å². The molecule has 0 saturated heterocycles. The van der Waals surface area contributed by atoms with Gasteiger partial charge in [-0.25, -0.2) is 4.79 Å². The lowest BCUT2D eigenvalue weighted by atomic mass is 10.0. The number of hydrogen-bond donors (Lipinski definition) is 2. The Hall–Kier alpha value is -1.43. The molecule has 0 fully saturated rings. The topological polar surface area (TPSA) is 101 Å². The van der Waals surface area contributed by atoms with Gasteiger partial charge < -0.3 is 10.8 Å². The van der Waals surface area contributed by atoms with Crippen LogP contribution in [0.5, 0.6) is 0 Å². The van der Waals surface area contributed by atoms with Gasteiger partial charge in [0.15, 0.2) is 0 Å². The van der Waals surface area contributed by atoms with Crippen molar-refractivity contribution in [3.8, 4) is 0 Å². The number of hydrogen-bond acceptors (Lipinski definition) is 4. The molecule has 0 aliphatic rings. The highest BCUT2D eigenvalue weighted by atomic mass is 16.4. The molecular formula is C42H82N2O4. The number of carbonyl (C=O) groups excluding carboxylic acids is 2. The van der Waals surface area contributed by atoms with Crippen molar-refractivity contribution in [1.82, 2.24) is 4.90 Å². The number of unbranched alkanes of at least 4 members (excludes halogenated alkanes) is 23. The zero-order valence-electron chi connectivity index (χ0n) is 32.6. The van der Waals surface area contributed by atoms with E-state index in [1.54, 1.807) is 0 Å². The average Bonchev–Trinajstić information content (AvgIpc) is 3.04. The van der Waals surface area contributed by atoms with Crippen LogP contribution < -0.4 is 5.73 Å². The predicted octanol–water partition coefficient (Wildman–Crippen LogP) is 12.2. The van der Waals surface area contributed by atoms with Crippen LogP contribution in [0.2, 0.25) is 0 Å². The number of rotatable bonds is 36. The minimum Gasteiger partial charge on any atom is -0.480 e. The summed E-state index contributed by atoms with van der Waals surface area (Å²) in [5.74, 6) is -0.0569. The van der Waals surface area contributed by atoms with E-state index >= 15 is 0 Å². The van der Waals surface area contributed by atoms with Gasteiger partial charge in [-0.3, -0.25) is 14.5 Å². The number of imide groups is 1. The SMILES string of the molecule is CC(C)CCCCCCCCCCCCCCC(=O)N(C(=O)CCCCCCCCCCCCCCC(C)C)[C@@H](CCCCN)C(=O)O. The Morgan fingerprint density at radius 3 is 0.979 bits per heavy atom. The Balaban J connectivity index is 4.30. The minimum absolute atomic E-state index is 0.251. The first-order chi connectivity index (χ1) is 23.2. The second kappa shape index (κ2) is 34.0. The Morgan fingerprint density at radius 2 is 0.708 bits per heavy atom. The van der Waals surface area contributed by atoms with E-state index < -0.39 is 12.0 Å². The van der Waals surface area contributed by atoms with E-state index in [0.29, 0.717) is 32.2 Å². The summed E-state index contributed by atoms with van der Waals surface area (Å²) < 4.78 is 0. The fourth-order valence-corrected chi connectivity index (χ4v) is 6.77. The van der Waals surface area contributed by atoms with Crippen molar-refractivity contribution in [3.63, 3.8) is 0 Å². The molecule has 0 aromatic heterocycles. The monoisotopic (exact) mass is 679 g/mol. The van der Waals surface area contributed by atoms with Gasteiger partial charge in [-0.05, 0) is 50.5 Å². The van der Waals surface area contributed by atoms with Crippen molar-refractivity contribution in [2.75, 3.05) is 6.54 Å². The van der Waals surface area contributed by atoms with Crippen LogP contribution in [-0.2, 0) is 14.4 Å².